The van der Waals surface area contributed by atoms with E-state index in [9.17, 15) is 9.59 Å². The summed E-state index contributed by atoms with van der Waals surface area (Å²) < 4.78 is 4.95. The van der Waals surface area contributed by atoms with Gasteiger partial charge in [-0.2, -0.15) is 0 Å². The molecule has 0 unspecified atom stereocenters. The van der Waals surface area contributed by atoms with Crippen molar-refractivity contribution in [3.05, 3.63) is 5.01 Å². The summed E-state index contributed by atoms with van der Waals surface area (Å²) in [5.74, 6) is 0.330. The van der Waals surface area contributed by atoms with Crippen molar-refractivity contribution in [2.75, 3.05) is 18.2 Å². The molecule has 1 N–H and O–H groups in total. The molecule has 0 spiro atoms. The van der Waals surface area contributed by atoms with E-state index < -0.39 is 6.04 Å². The third kappa shape index (κ3) is 3.10. The van der Waals surface area contributed by atoms with Gasteiger partial charge in [0.1, 0.15) is 17.7 Å². The average Bonchev–Trinajstić information content (AvgIpc) is 2.93. The van der Waals surface area contributed by atoms with Crippen molar-refractivity contribution in [2.24, 2.45) is 0 Å². The van der Waals surface area contributed by atoms with E-state index >= 15 is 0 Å². The third-order valence-electron chi connectivity index (χ3n) is 2.93. The molecule has 1 saturated heterocycles. The maximum atomic E-state index is 12.2. The fraction of sp³-hybridized carbons (Fsp3) is 0.636. The van der Waals surface area contributed by atoms with Gasteiger partial charge in [-0.25, -0.2) is 0 Å². The number of methoxy groups -OCH3 is 1. The fourth-order valence-corrected chi connectivity index (χ4v) is 3.80. The van der Waals surface area contributed by atoms with Crippen LogP contribution in [0, 0.1) is 0 Å². The van der Waals surface area contributed by atoms with Crippen LogP contribution in [0.25, 0.3) is 0 Å². The van der Waals surface area contributed by atoms with E-state index in [2.05, 4.69) is 15.5 Å². The molecule has 110 valence electrons. The lowest BCUT2D eigenvalue weighted by atomic mass is 10.2. The molecule has 0 saturated carbocycles. The Morgan fingerprint density at radius 2 is 2.35 bits per heavy atom. The largest absolute Gasteiger partial charge is 0.377 e. The number of amides is 2. The summed E-state index contributed by atoms with van der Waals surface area (Å²) in [6.07, 6.45) is 0.723. The number of hydrogen-bond acceptors (Lipinski definition) is 7. The molecule has 1 atom stereocenters. The Morgan fingerprint density at radius 1 is 1.60 bits per heavy atom. The van der Waals surface area contributed by atoms with Gasteiger partial charge in [0, 0.05) is 12.9 Å². The zero-order valence-corrected chi connectivity index (χ0v) is 13.1. The van der Waals surface area contributed by atoms with Crippen LogP contribution in [0.5, 0.6) is 0 Å². The molecule has 7 nitrogen and oxygen atoms in total. The lowest BCUT2D eigenvalue weighted by Crippen LogP contribution is -2.47. The number of nitrogens with zero attached hydrogens (tertiary/aromatic N) is 3. The molecule has 20 heavy (non-hydrogen) atoms. The smallest absolute Gasteiger partial charge is 0.249 e. The standard InChI is InChI=1S/C11H16N4O3S2/c1-11(2)15(6-16)7(5-19-11)9(17)12-10-14-13-8(20-10)4-18-3/h6-7H,4-5H2,1-3H3,(H,12,14,17)/t7-/m1/s1. The molecule has 9 heteroatoms. The summed E-state index contributed by atoms with van der Waals surface area (Å²) in [4.78, 5) is 24.6. The van der Waals surface area contributed by atoms with Crippen LogP contribution in [0.4, 0.5) is 5.13 Å². The molecule has 0 aromatic carbocycles. The van der Waals surface area contributed by atoms with Gasteiger partial charge in [-0.15, -0.1) is 22.0 Å². The monoisotopic (exact) mass is 316 g/mol. The first-order valence-corrected chi connectivity index (χ1v) is 7.78. The number of hydrogen-bond donors (Lipinski definition) is 1. The number of rotatable bonds is 5. The number of ether oxygens (including phenoxy) is 1. The van der Waals surface area contributed by atoms with Crippen molar-refractivity contribution in [3.8, 4) is 0 Å². The summed E-state index contributed by atoms with van der Waals surface area (Å²) in [6.45, 7) is 4.20. The number of aromatic nitrogens is 2. The Kier molecular flexibility index (Phi) is 4.61. The first-order chi connectivity index (χ1) is 9.47. The zero-order chi connectivity index (χ0) is 14.8. The van der Waals surface area contributed by atoms with Crippen LogP contribution in [-0.2, 0) is 20.9 Å². The highest BCUT2D eigenvalue weighted by atomic mass is 32.2. The van der Waals surface area contributed by atoms with Gasteiger partial charge in [0.05, 0.1) is 4.87 Å². The first kappa shape index (κ1) is 15.2. The molecule has 1 aromatic heterocycles. The maximum absolute atomic E-state index is 12.2. The summed E-state index contributed by atoms with van der Waals surface area (Å²) in [5.41, 5.74) is 0. The van der Waals surface area contributed by atoms with Crippen LogP contribution in [-0.4, -0.2) is 51.2 Å². The molecule has 1 fully saturated rings. The van der Waals surface area contributed by atoms with Gasteiger partial charge in [-0.1, -0.05) is 11.3 Å². The Hall–Kier alpha value is -1.19. The minimum atomic E-state index is -0.484. The first-order valence-electron chi connectivity index (χ1n) is 5.98. The highest BCUT2D eigenvalue weighted by Gasteiger charge is 2.43. The predicted molar refractivity (Wildman–Crippen MR) is 77.5 cm³/mol. The topological polar surface area (TPSA) is 84.4 Å². The molecule has 0 bridgehead atoms. The molecule has 2 amide bonds. The average molecular weight is 316 g/mol. The Bertz CT molecular complexity index is 506. The summed E-state index contributed by atoms with van der Waals surface area (Å²) in [6, 6.07) is -0.484. The molecular formula is C11H16N4O3S2. The van der Waals surface area contributed by atoms with Crippen molar-refractivity contribution < 1.29 is 14.3 Å². The van der Waals surface area contributed by atoms with E-state index in [1.807, 2.05) is 13.8 Å². The Morgan fingerprint density at radius 3 is 3.00 bits per heavy atom. The van der Waals surface area contributed by atoms with Crippen LogP contribution in [0.1, 0.15) is 18.9 Å². The van der Waals surface area contributed by atoms with Crippen molar-refractivity contribution >= 4 is 40.5 Å². The van der Waals surface area contributed by atoms with E-state index in [0.717, 1.165) is 6.41 Å². The molecule has 1 aliphatic rings. The van der Waals surface area contributed by atoms with Crippen LogP contribution in [0.3, 0.4) is 0 Å². The molecule has 0 radical (unpaired) electrons. The molecule has 2 heterocycles. The molecular weight excluding hydrogens is 300 g/mol. The minimum absolute atomic E-state index is 0.240. The van der Waals surface area contributed by atoms with Crippen molar-refractivity contribution in [2.45, 2.75) is 31.4 Å². The van der Waals surface area contributed by atoms with Gasteiger partial charge in [-0.3, -0.25) is 14.9 Å². The van der Waals surface area contributed by atoms with E-state index in [0.29, 0.717) is 22.5 Å². The number of thioether (sulfide) groups is 1. The predicted octanol–water partition coefficient (Wildman–Crippen LogP) is 0.933. The van der Waals surface area contributed by atoms with E-state index in [4.69, 9.17) is 4.74 Å². The molecule has 1 aliphatic heterocycles. The van der Waals surface area contributed by atoms with E-state index in [-0.39, 0.29) is 10.8 Å². The number of nitrogens with one attached hydrogen (secondary N) is 1. The zero-order valence-electron chi connectivity index (χ0n) is 11.5. The lowest BCUT2D eigenvalue weighted by molar-refractivity contribution is -0.130. The van der Waals surface area contributed by atoms with Gasteiger partial charge in [0.25, 0.3) is 0 Å². The molecule has 0 aliphatic carbocycles. The summed E-state index contributed by atoms with van der Waals surface area (Å²) >= 11 is 2.83. The Labute approximate surface area is 125 Å². The molecule has 2 rings (SSSR count). The van der Waals surface area contributed by atoms with Gasteiger partial charge in [-0.05, 0) is 13.8 Å². The van der Waals surface area contributed by atoms with Crippen LogP contribution < -0.4 is 5.32 Å². The quantitative estimate of drug-likeness (QED) is 0.814. The third-order valence-corrected chi connectivity index (χ3v) is 5.14. The normalized spacial score (nSPS) is 20.9. The summed E-state index contributed by atoms with van der Waals surface area (Å²) in [7, 11) is 1.57. The van der Waals surface area contributed by atoms with Crippen molar-refractivity contribution in [1.82, 2.24) is 15.1 Å². The molecule has 1 aromatic rings. The number of carbonyl (C=O) groups excluding carboxylic acids is 2. The van der Waals surface area contributed by atoms with Gasteiger partial charge in [0.2, 0.25) is 17.4 Å². The maximum Gasteiger partial charge on any atom is 0.249 e. The van der Waals surface area contributed by atoms with E-state index in [1.54, 1.807) is 18.9 Å². The SMILES string of the molecule is COCc1nnc(NC(=O)[C@H]2CSC(C)(C)N2C=O)s1. The van der Waals surface area contributed by atoms with Crippen LogP contribution in [0.2, 0.25) is 0 Å². The minimum Gasteiger partial charge on any atom is -0.377 e. The summed E-state index contributed by atoms with van der Waals surface area (Å²) in [5, 5.41) is 11.6. The number of carbonyl (C=O) groups is 2. The van der Waals surface area contributed by atoms with Crippen LogP contribution in [0.15, 0.2) is 0 Å². The second-order valence-electron chi connectivity index (χ2n) is 4.71. The van der Waals surface area contributed by atoms with Crippen molar-refractivity contribution in [3.63, 3.8) is 0 Å². The van der Waals surface area contributed by atoms with Gasteiger partial charge >= 0.3 is 0 Å². The highest BCUT2D eigenvalue weighted by Crippen LogP contribution is 2.37. The number of anilines is 1. The highest BCUT2D eigenvalue weighted by molar-refractivity contribution is 8.00. The second kappa shape index (κ2) is 6.06. The van der Waals surface area contributed by atoms with E-state index in [1.165, 1.54) is 16.2 Å². The van der Waals surface area contributed by atoms with Gasteiger partial charge in [0.15, 0.2) is 0 Å². The van der Waals surface area contributed by atoms with Crippen molar-refractivity contribution in [1.29, 1.82) is 0 Å². The van der Waals surface area contributed by atoms with Crippen LogP contribution >= 0.6 is 23.1 Å². The second-order valence-corrected chi connectivity index (χ2v) is 7.39. The fourth-order valence-electron chi connectivity index (χ4n) is 1.89. The lowest BCUT2D eigenvalue weighted by Gasteiger charge is -2.29. The van der Waals surface area contributed by atoms with Gasteiger partial charge < -0.3 is 9.64 Å². The Balaban J connectivity index is 2.02.